The van der Waals surface area contributed by atoms with Crippen LogP contribution in [0.15, 0.2) is 60.7 Å². The molecule has 2 rings (SSSR count). The number of hydrogen-bond acceptors (Lipinski definition) is 0. The first-order valence-corrected chi connectivity index (χ1v) is 6.06. The Bertz CT molecular complexity index is 368. The summed E-state index contributed by atoms with van der Waals surface area (Å²) in [4.78, 5) is 0. The van der Waals surface area contributed by atoms with E-state index in [4.69, 9.17) is 0 Å². The molecule has 0 aliphatic heterocycles. The van der Waals surface area contributed by atoms with Crippen molar-refractivity contribution >= 4 is 0 Å². The van der Waals surface area contributed by atoms with Crippen molar-refractivity contribution in [3.63, 3.8) is 0 Å². The van der Waals surface area contributed by atoms with E-state index in [1.807, 2.05) is 50.5 Å². The predicted octanol–water partition coefficient (Wildman–Crippen LogP) is 4.53. The Hall–Kier alpha value is -0.359. The van der Waals surface area contributed by atoms with E-state index in [1.165, 1.54) is 11.1 Å². The summed E-state index contributed by atoms with van der Waals surface area (Å²) in [6, 6.07) is 20.4. The number of hydrogen-bond donors (Lipinski definition) is 0. The van der Waals surface area contributed by atoms with Crippen LogP contribution in [0.4, 0.5) is 4.70 Å². The van der Waals surface area contributed by atoms with Crippen molar-refractivity contribution in [2.24, 2.45) is 0 Å². The van der Waals surface area contributed by atoms with Gasteiger partial charge in [-0.15, -0.1) is 13.1 Å². The normalized spacial score (nSPS) is 8.50. The Morgan fingerprint density at radius 3 is 1.20 bits per heavy atom. The summed E-state index contributed by atoms with van der Waals surface area (Å²) >= 11 is 0. The maximum Gasteiger partial charge on any atom is 0 e. The standard InChI is InChI=1S/2C8H10N.FH.Nd/c2*1-9-7-8-5-3-2-4-6-8;;/h2*2-6H,7H2,1H3;1H;/q2*-1;;. The molecule has 0 radical (unpaired) electrons. The quantitative estimate of drug-likeness (QED) is 0.716. The second-order valence-electron chi connectivity index (χ2n) is 3.92. The zero-order chi connectivity index (χ0) is 13.1. The first kappa shape index (κ1) is 21.9. The van der Waals surface area contributed by atoms with Crippen molar-refractivity contribution in [1.82, 2.24) is 0 Å². The van der Waals surface area contributed by atoms with Gasteiger partial charge in [-0.1, -0.05) is 71.8 Å². The summed E-state index contributed by atoms with van der Waals surface area (Å²) in [6.45, 7) is 1.67. The van der Waals surface area contributed by atoms with Crippen molar-refractivity contribution in [3.05, 3.63) is 82.4 Å². The monoisotopic (exact) mass is 402 g/mol. The zero-order valence-corrected chi connectivity index (χ0v) is 15.2. The van der Waals surface area contributed by atoms with Gasteiger partial charge in [0, 0.05) is 40.8 Å². The Balaban J connectivity index is 0. The first-order valence-electron chi connectivity index (χ1n) is 6.06. The number of rotatable bonds is 4. The molecular weight excluding hydrogens is 383 g/mol. The third-order valence-corrected chi connectivity index (χ3v) is 2.37. The Morgan fingerprint density at radius 1 is 0.650 bits per heavy atom. The van der Waals surface area contributed by atoms with Gasteiger partial charge in [0.25, 0.3) is 0 Å². The molecule has 2 aromatic carbocycles. The van der Waals surface area contributed by atoms with E-state index in [1.54, 1.807) is 0 Å². The van der Waals surface area contributed by atoms with E-state index in [0.717, 1.165) is 13.1 Å². The average molecular weight is 405 g/mol. The molecule has 0 unspecified atom stereocenters. The molecule has 0 aliphatic carbocycles. The maximum atomic E-state index is 4.01. The summed E-state index contributed by atoms with van der Waals surface area (Å²) in [5.41, 5.74) is 2.56. The van der Waals surface area contributed by atoms with Crippen LogP contribution in [0.3, 0.4) is 0 Å². The first-order chi connectivity index (χ1) is 8.86. The van der Waals surface area contributed by atoms with Gasteiger partial charge in [0.05, 0.1) is 0 Å². The van der Waals surface area contributed by atoms with E-state index < -0.39 is 0 Å². The third-order valence-electron chi connectivity index (χ3n) is 2.37. The van der Waals surface area contributed by atoms with E-state index >= 15 is 0 Å². The van der Waals surface area contributed by atoms with Crippen molar-refractivity contribution < 1.29 is 45.5 Å². The second-order valence-corrected chi connectivity index (χ2v) is 3.92. The van der Waals surface area contributed by atoms with Gasteiger partial charge in [0.15, 0.2) is 0 Å². The van der Waals surface area contributed by atoms with Gasteiger partial charge < -0.3 is 10.6 Å². The summed E-state index contributed by atoms with van der Waals surface area (Å²) in [5.74, 6) is 0. The molecule has 4 heteroatoms. The molecule has 2 aromatic rings. The topological polar surface area (TPSA) is 28.2 Å². The molecule has 0 heterocycles. The molecule has 108 valence electrons. The molecule has 0 fully saturated rings. The molecular formula is C16H21FN2Nd-2. The third kappa shape index (κ3) is 10.4. The van der Waals surface area contributed by atoms with Crippen LogP contribution in [0.2, 0.25) is 0 Å². The van der Waals surface area contributed by atoms with Crippen LogP contribution in [-0.4, -0.2) is 14.1 Å². The molecule has 0 atom stereocenters. The summed E-state index contributed by atoms with van der Waals surface area (Å²) in [6.07, 6.45) is 0. The minimum absolute atomic E-state index is 0. The van der Waals surface area contributed by atoms with E-state index in [-0.39, 0.29) is 45.5 Å². The van der Waals surface area contributed by atoms with Gasteiger partial charge in [-0.3, -0.25) is 4.70 Å². The largest absolute Gasteiger partial charge is 0.661 e. The van der Waals surface area contributed by atoms with Crippen molar-refractivity contribution in [2.75, 3.05) is 14.1 Å². The fraction of sp³-hybridized carbons (Fsp3) is 0.250. The molecule has 0 aromatic heterocycles. The molecule has 0 N–H and O–H groups in total. The molecule has 0 saturated carbocycles. The smallest absolute Gasteiger partial charge is 0 e. The van der Waals surface area contributed by atoms with Crippen LogP contribution < -0.4 is 0 Å². The van der Waals surface area contributed by atoms with Crippen LogP contribution in [0.5, 0.6) is 0 Å². The van der Waals surface area contributed by atoms with Gasteiger partial charge in [0.2, 0.25) is 0 Å². The number of benzene rings is 2. The summed E-state index contributed by atoms with van der Waals surface area (Å²) in [7, 11) is 3.65. The molecule has 0 saturated heterocycles. The van der Waals surface area contributed by atoms with Crippen LogP contribution >= 0.6 is 0 Å². The van der Waals surface area contributed by atoms with Crippen molar-refractivity contribution in [3.8, 4) is 0 Å². The minimum Gasteiger partial charge on any atom is -0.661 e. The minimum atomic E-state index is 0. The Kier molecular flexibility index (Phi) is 16.5. The van der Waals surface area contributed by atoms with Crippen LogP contribution in [0, 0.1) is 40.8 Å². The molecule has 0 aliphatic rings. The maximum absolute atomic E-state index is 4.01. The summed E-state index contributed by atoms with van der Waals surface area (Å²) in [5, 5.41) is 8.01. The number of nitrogens with zero attached hydrogens (tertiary/aromatic N) is 2. The molecule has 0 amide bonds. The predicted molar refractivity (Wildman–Crippen MR) is 81.4 cm³/mol. The van der Waals surface area contributed by atoms with Gasteiger partial charge in [-0.05, 0) is 0 Å². The Morgan fingerprint density at radius 2 is 0.950 bits per heavy atom. The van der Waals surface area contributed by atoms with Gasteiger partial charge in [-0.2, -0.15) is 14.1 Å². The van der Waals surface area contributed by atoms with Crippen LogP contribution in [0.25, 0.3) is 10.6 Å². The SMILES string of the molecule is C[N-]Cc1ccccc1.C[N-]Cc1ccccc1.F.[Nd]. The van der Waals surface area contributed by atoms with Gasteiger partial charge >= 0.3 is 0 Å². The molecule has 2 nitrogen and oxygen atoms in total. The second kappa shape index (κ2) is 15.0. The van der Waals surface area contributed by atoms with E-state index in [2.05, 4.69) is 34.9 Å². The Labute approximate surface area is 154 Å². The number of halogens is 1. The molecule has 0 spiro atoms. The van der Waals surface area contributed by atoms with Crippen molar-refractivity contribution in [2.45, 2.75) is 13.1 Å². The molecule has 20 heavy (non-hydrogen) atoms. The van der Waals surface area contributed by atoms with E-state index in [0.29, 0.717) is 0 Å². The van der Waals surface area contributed by atoms with Gasteiger partial charge in [-0.25, -0.2) is 0 Å². The fourth-order valence-electron chi connectivity index (χ4n) is 1.53. The van der Waals surface area contributed by atoms with Crippen molar-refractivity contribution in [1.29, 1.82) is 0 Å². The molecule has 0 bridgehead atoms. The fourth-order valence-corrected chi connectivity index (χ4v) is 1.53. The van der Waals surface area contributed by atoms with Gasteiger partial charge in [0.1, 0.15) is 0 Å². The van der Waals surface area contributed by atoms with Crippen LogP contribution in [-0.2, 0) is 13.1 Å². The summed E-state index contributed by atoms with van der Waals surface area (Å²) < 4.78 is 0. The average Bonchev–Trinajstić information content (AvgIpc) is 2.43. The van der Waals surface area contributed by atoms with E-state index in [9.17, 15) is 0 Å². The van der Waals surface area contributed by atoms with Crippen LogP contribution in [0.1, 0.15) is 11.1 Å². The zero-order valence-electron chi connectivity index (χ0n) is 12.0.